The van der Waals surface area contributed by atoms with Crippen molar-refractivity contribution in [1.82, 2.24) is 0 Å². The van der Waals surface area contributed by atoms with Gasteiger partial charge in [-0.1, -0.05) is 72.9 Å². The van der Waals surface area contributed by atoms with Gasteiger partial charge in [-0.25, -0.2) is 0 Å². The van der Waals surface area contributed by atoms with Gasteiger partial charge in [0.2, 0.25) is 0 Å². The third-order valence-corrected chi connectivity index (χ3v) is 8.43. The van der Waals surface area contributed by atoms with Gasteiger partial charge in [0.25, 0.3) is 0 Å². The van der Waals surface area contributed by atoms with Gasteiger partial charge in [-0.3, -0.25) is 0 Å². The molecule has 0 unspecified atom stereocenters. The Morgan fingerprint density at radius 2 is 0.545 bits per heavy atom. The standard InChI is InChI=1S/3C8H12.2C6H5.2BrH.2HI.4Pt/c3*1-2-4-6-8-7-5-3-1;2*1-2-4-6-5-3-1;;;;;;;;/h3*1-2,7-8H,3-6H2;2*1-5H;4*1H;;;;/q;;;;;;;;;;3*+2/p-4/b3*2-1-,8-7-;;;;;;;;;;. The van der Waals surface area contributed by atoms with Crippen LogP contribution in [0.15, 0.2) is 134 Å². The van der Waals surface area contributed by atoms with Crippen LogP contribution in [0.5, 0.6) is 0 Å². The zero-order valence-corrected chi connectivity index (χ0v) is 41.5. The molecule has 0 bridgehead atoms. The second-order valence-electron chi connectivity index (χ2n) is 8.98. The van der Waals surface area contributed by atoms with E-state index in [0.717, 1.165) is 0 Å². The van der Waals surface area contributed by atoms with E-state index >= 15 is 0 Å². The number of halogens is 4. The summed E-state index contributed by atoms with van der Waals surface area (Å²) in [6.07, 6.45) is 42.0. The molecule has 5 rings (SSSR count). The van der Waals surface area contributed by atoms with E-state index in [-0.39, 0.29) is 54.1 Å². The molecule has 3 aliphatic rings. The molecule has 256 valence electrons. The van der Waals surface area contributed by atoms with Gasteiger partial charge in [-0.05, 0) is 77.0 Å². The number of rotatable bonds is 2. The molecule has 0 radical (unpaired) electrons. The van der Waals surface area contributed by atoms with Crippen LogP contribution in [-0.4, -0.2) is 0 Å². The van der Waals surface area contributed by atoms with E-state index in [2.05, 4.69) is 199 Å². The van der Waals surface area contributed by atoms with Gasteiger partial charge >= 0.3 is 199 Å². The Morgan fingerprint density at radius 1 is 0.386 bits per heavy atom. The minimum absolute atomic E-state index is 0. The molecule has 8 heteroatoms. The summed E-state index contributed by atoms with van der Waals surface area (Å²) in [5.74, 6) is 0. The molecule has 0 nitrogen and oxygen atoms in total. The van der Waals surface area contributed by atoms with Gasteiger partial charge in [0, 0.05) is 0 Å². The summed E-state index contributed by atoms with van der Waals surface area (Å²) in [4.78, 5) is 0. The first kappa shape index (κ1) is 48.2. The molecule has 0 aromatic heterocycles. The Bertz CT molecular complexity index is 827. The van der Waals surface area contributed by atoms with E-state index in [9.17, 15) is 0 Å². The van der Waals surface area contributed by atoms with Crippen LogP contribution < -0.4 is 7.91 Å². The summed E-state index contributed by atoms with van der Waals surface area (Å²) in [6, 6.07) is 21.4. The zero-order valence-electron chi connectivity index (χ0n) is 25.0. The molecule has 2 aromatic rings. The maximum atomic E-state index is 3.17. The molecule has 2 aromatic carbocycles. The second kappa shape index (κ2) is 43.1. The van der Waals surface area contributed by atoms with E-state index < -0.39 is 0 Å². The third-order valence-electron chi connectivity index (χ3n) is 5.61. The molecule has 0 saturated carbocycles. The SMILES string of the molecule is C1=C\CC/C=C\CC/1.C1=C\CC/C=C\CC/1.C1=C\CC/C=C\CC/1.[Br][Pt][Br].[I][Pt][I].[Pt+2].c1cc[c]([Pt][c]2ccccc2)cc1. The summed E-state index contributed by atoms with van der Waals surface area (Å²) >= 11 is 11.9. The molecule has 3 aliphatic carbocycles. The Hall–Kier alpha value is 2.05. The Kier molecular flexibility index (Phi) is 47.2. The molecule has 44 heavy (non-hydrogen) atoms. The fourth-order valence-corrected chi connectivity index (χ4v) is 5.97. The first-order valence-corrected chi connectivity index (χ1v) is 39.6. The topological polar surface area (TPSA) is 0 Å². The quantitative estimate of drug-likeness (QED) is 0.208. The predicted molar refractivity (Wildman–Crippen MR) is 208 cm³/mol. The molecule has 0 atom stereocenters. The first-order valence-electron chi connectivity index (χ1n) is 14.5. The van der Waals surface area contributed by atoms with Crippen LogP contribution in [0.2, 0.25) is 0 Å². The summed E-state index contributed by atoms with van der Waals surface area (Å²) in [7, 11) is 0. The van der Waals surface area contributed by atoms with E-state index in [0.29, 0.717) is 11.2 Å². The van der Waals surface area contributed by atoms with E-state index in [1.54, 1.807) is 0 Å². The Balaban J connectivity index is 0. The molecule has 0 saturated heterocycles. The number of hydrogen-bond acceptors (Lipinski definition) is 0. The van der Waals surface area contributed by atoms with Crippen molar-refractivity contribution in [1.29, 1.82) is 0 Å². The fraction of sp³-hybridized carbons (Fsp3) is 0.333. The normalized spacial score (nSPS) is 19.3. The average Bonchev–Trinajstić information content (AvgIpc) is 2.95. The van der Waals surface area contributed by atoms with Crippen LogP contribution in [0.25, 0.3) is 0 Å². The summed E-state index contributed by atoms with van der Waals surface area (Å²) in [6.45, 7) is 0. The van der Waals surface area contributed by atoms with Crippen LogP contribution in [0.1, 0.15) is 77.0 Å². The number of hydrogen-bond donors (Lipinski definition) is 0. The third kappa shape index (κ3) is 38.5. The van der Waals surface area contributed by atoms with Crippen molar-refractivity contribution in [3.8, 4) is 0 Å². The monoisotopic (exact) mass is 1670 g/mol. The zero-order chi connectivity index (χ0) is 31.3. The van der Waals surface area contributed by atoms with Crippen molar-refractivity contribution in [2.45, 2.75) is 77.0 Å². The van der Waals surface area contributed by atoms with Crippen molar-refractivity contribution >= 4 is 73.2 Å². The molecule has 0 aliphatic heterocycles. The fourth-order valence-electron chi connectivity index (χ4n) is 3.59. The van der Waals surface area contributed by atoms with Crippen LogP contribution in [-0.2, 0) is 65.3 Å². The summed E-state index contributed by atoms with van der Waals surface area (Å²) in [5.41, 5.74) is 0. The first-order chi connectivity index (χ1) is 21.3. The minimum atomic E-state index is 0. The molecule has 0 heterocycles. The van der Waals surface area contributed by atoms with E-state index in [4.69, 9.17) is 0 Å². The average molecular weight is 1670 g/mol. The van der Waals surface area contributed by atoms with Crippen molar-refractivity contribution in [3.63, 3.8) is 0 Å². The Morgan fingerprint density at radius 3 is 0.705 bits per heavy atom. The molecule has 0 fully saturated rings. The van der Waals surface area contributed by atoms with Crippen molar-refractivity contribution in [2.75, 3.05) is 0 Å². The summed E-state index contributed by atoms with van der Waals surface area (Å²) < 4.78 is 2.96. The van der Waals surface area contributed by atoms with Gasteiger partial charge in [0.05, 0.1) is 0 Å². The predicted octanol–water partition coefficient (Wildman–Crippen LogP) is 13.2. The molecular weight excluding hydrogens is 1630 g/mol. The number of benzene rings is 2. The van der Waals surface area contributed by atoms with Gasteiger partial charge in [-0.2, -0.15) is 0 Å². The van der Waals surface area contributed by atoms with Crippen LogP contribution in [0.4, 0.5) is 0 Å². The number of allylic oxidation sites excluding steroid dienone is 12. The van der Waals surface area contributed by atoms with E-state index in [1.165, 1.54) is 85.0 Å². The Labute approximate surface area is 343 Å². The van der Waals surface area contributed by atoms with Crippen molar-refractivity contribution in [3.05, 3.63) is 134 Å². The van der Waals surface area contributed by atoms with Crippen LogP contribution >= 0.6 is 65.3 Å². The van der Waals surface area contributed by atoms with Gasteiger partial charge in [0.1, 0.15) is 0 Å². The van der Waals surface area contributed by atoms with E-state index in [1.807, 2.05) is 0 Å². The molecule has 0 spiro atoms. The molecule has 0 N–H and O–H groups in total. The molecular formula is C36H46Br2I2Pt4+2. The molecule has 0 amide bonds. The van der Waals surface area contributed by atoms with Crippen molar-refractivity contribution in [2.24, 2.45) is 0 Å². The van der Waals surface area contributed by atoms with Gasteiger partial charge in [-0.15, -0.1) is 0 Å². The van der Waals surface area contributed by atoms with Gasteiger partial charge in [0.15, 0.2) is 0 Å². The van der Waals surface area contributed by atoms with Crippen LogP contribution in [0.3, 0.4) is 0 Å². The van der Waals surface area contributed by atoms with Crippen molar-refractivity contribution < 1.29 is 65.3 Å². The second-order valence-corrected chi connectivity index (χ2v) is 38.7. The maximum absolute atomic E-state index is 3.17. The van der Waals surface area contributed by atoms with Crippen LogP contribution in [0, 0.1) is 0 Å². The summed E-state index contributed by atoms with van der Waals surface area (Å²) in [5, 5.41) is 0. The van der Waals surface area contributed by atoms with Gasteiger partial charge < -0.3 is 0 Å².